The van der Waals surface area contributed by atoms with Gasteiger partial charge < -0.3 is 14.9 Å². The van der Waals surface area contributed by atoms with Crippen LogP contribution in [0.2, 0.25) is 0 Å². The standard InChI is InChI=1S/C16H24F2N4O2/c1-11-6-14(20-13(10-23)19-11)21(2)4-5-22(3)15(24)7-12-8-16(17,18)9-12/h6,12,23H,4-5,7-10H2,1-3H3. The number of likely N-dealkylation sites (N-methyl/N-ethyl adjacent to an activating group) is 2. The van der Waals surface area contributed by atoms with Crippen molar-refractivity contribution in [1.29, 1.82) is 0 Å². The van der Waals surface area contributed by atoms with Crippen LogP contribution in [0, 0.1) is 12.8 Å². The Balaban J connectivity index is 1.81. The van der Waals surface area contributed by atoms with Gasteiger partial charge in [0.25, 0.3) is 0 Å². The molecule has 134 valence electrons. The van der Waals surface area contributed by atoms with Gasteiger partial charge in [-0.15, -0.1) is 0 Å². The van der Waals surface area contributed by atoms with Gasteiger partial charge in [0.1, 0.15) is 12.4 Å². The average Bonchev–Trinajstić information content (AvgIpc) is 2.49. The zero-order valence-electron chi connectivity index (χ0n) is 14.3. The molecule has 0 aromatic carbocycles. The predicted molar refractivity (Wildman–Crippen MR) is 85.9 cm³/mol. The van der Waals surface area contributed by atoms with Gasteiger partial charge in [-0.05, 0) is 12.8 Å². The van der Waals surface area contributed by atoms with E-state index < -0.39 is 5.92 Å². The lowest BCUT2D eigenvalue weighted by atomic mass is 9.79. The molecular weight excluding hydrogens is 318 g/mol. The van der Waals surface area contributed by atoms with Gasteiger partial charge in [-0.1, -0.05) is 0 Å². The molecule has 1 aliphatic carbocycles. The first kappa shape index (κ1) is 18.5. The molecule has 1 N–H and O–H groups in total. The third-order valence-electron chi connectivity index (χ3n) is 4.25. The molecule has 8 heteroatoms. The minimum atomic E-state index is -2.58. The molecule has 1 aromatic heterocycles. The third kappa shape index (κ3) is 4.83. The van der Waals surface area contributed by atoms with E-state index in [2.05, 4.69) is 9.97 Å². The Morgan fingerprint density at radius 2 is 2.00 bits per heavy atom. The maximum Gasteiger partial charge on any atom is 0.248 e. The third-order valence-corrected chi connectivity index (χ3v) is 4.25. The molecule has 1 amide bonds. The van der Waals surface area contributed by atoms with E-state index in [1.54, 1.807) is 18.0 Å². The molecule has 1 heterocycles. The number of carbonyl (C=O) groups excluding carboxylic acids is 1. The van der Waals surface area contributed by atoms with E-state index in [1.165, 1.54) is 0 Å². The topological polar surface area (TPSA) is 69.6 Å². The summed E-state index contributed by atoms with van der Waals surface area (Å²) in [5.74, 6) is -1.87. The SMILES string of the molecule is Cc1cc(N(C)CCN(C)C(=O)CC2CC(F)(F)C2)nc(CO)n1. The highest BCUT2D eigenvalue weighted by molar-refractivity contribution is 5.76. The fourth-order valence-electron chi connectivity index (χ4n) is 2.75. The fraction of sp³-hybridized carbons (Fsp3) is 0.688. The number of carbonyl (C=O) groups is 1. The van der Waals surface area contributed by atoms with Gasteiger partial charge >= 0.3 is 0 Å². The second kappa shape index (κ2) is 7.38. The van der Waals surface area contributed by atoms with Crippen LogP contribution in [0.15, 0.2) is 6.07 Å². The van der Waals surface area contributed by atoms with Crippen LogP contribution < -0.4 is 4.90 Å². The number of anilines is 1. The number of aromatic nitrogens is 2. The maximum absolute atomic E-state index is 12.8. The largest absolute Gasteiger partial charge is 0.388 e. The van der Waals surface area contributed by atoms with Crippen LogP contribution in [0.5, 0.6) is 0 Å². The van der Waals surface area contributed by atoms with Crippen molar-refractivity contribution in [3.05, 3.63) is 17.6 Å². The van der Waals surface area contributed by atoms with E-state index in [1.807, 2.05) is 18.9 Å². The van der Waals surface area contributed by atoms with E-state index in [0.717, 1.165) is 5.69 Å². The van der Waals surface area contributed by atoms with Gasteiger partial charge in [0, 0.05) is 58.2 Å². The van der Waals surface area contributed by atoms with Crippen LogP contribution in [-0.2, 0) is 11.4 Å². The molecule has 6 nitrogen and oxygen atoms in total. The van der Waals surface area contributed by atoms with Crippen molar-refractivity contribution in [2.75, 3.05) is 32.1 Å². The molecule has 24 heavy (non-hydrogen) atoms. The summed E-state index contributed by atoms with van der Waals surface area (Å²) < 4.78 is 25.6. The van der Waals surface area contributed by atoms with E-state index in [-0.39, 0.29) is 37.7 Å². The molecule has 0 aliphatic heterocycles. The number of aliphatic hydroxyl groups is 1. The van der Waals surface area contributed by atoms with Crippen LogP contribution in [-0.4, -0.2) is 59.0 Å². The predicted octanol–water partition coefficient (Wildman–Crippen LogP) is 1.61. The average molecular weight is 342 g/mol. The molecule has 1 aliphatic rings. The quantitative estimate of drug-likeness (QED) is 0.815. The molecule has 1 saturated carbocycles. The smallest absolute Gasteiger partial charge is 0.248 e. The first-order valence-electron chi connectivity index (χ1n) is 7.98. The monoisotopic (exact) mass is 342 g/mol. The van der Waals surface area contributed by atoms with E-state index in [9.17, 15) is 13.6 Å². The van der Waals surface area contributed by atoms with Crippen molar-refractivity contribution in [2.24, 2.45) is 5.92 Å². The Morgan fingerprint density at radius 1 is 1.33 bits per heavy atom. The van der Waals surface area contributed by atoms with Crippen LogP contribution in [0.3, 0.4) is 0 Å². The minimum Gasteiger partial charge on any atom is -0.388 e. The summed E-state index contributed by atoms with van der Waals surface area (Å²) in [6.45, 7) is 2.61. The summed E-state index contributed by atoms with van der Waals surface area (Å²) in [6.07, 6.45) is -0.190. The molecule has 1 aromatic rings. The fourth-order valence-corrected chi connectivity index (χ4v) is 2.75. The molecule has 1 fully saturated rings. The number of hydrogen-bond donors (Lipinski definition) is 1. The summed E-state index contributed by atoms with van der Waals surface area (Å²) in [4.78, 5) is 23.8. The Morgan fingerprint density at radius 3 is 2.58 bits per heavy atom. The molecule has 0 bridgehead atoms. The molecular formula is C16H24F2N4O2. The van der Waals surface area contributed by atoms with Crippen molar-refractivity contribution in [3.8, 4) is 0 Å². The highest BCUT2D eigenvalue weighted by Gasteiger charge is 2.45. The second-order valence-electron chi connectivity index (χ2n) is 6.51. The summed E-state index contributed by atoms with van der Waals surface area (Å²) in [6, 6.07) is 1.80. The number of hydrogen-bond acceptors (Lipinski definition) is 5. The Labute approximate surface area is 140 Å². The first-order valence-corrected chi connectivity index (χ1v) is 7.98. The normalized spacial score (nSPS) is 16.6. The number of aliphatic hydroxyl groups excluding tert-OH is 1. The molecule has 0 atom stereocenters. The number of amides is 1. The van der Waals surface area contributed by atoms with Gasteiger partial charge in [0.2, 0.25) is 11.8 Å². The van der Waals surface area contributed by atoms with Crippen molar-refractivity contribution in [3.63, 3.8) is 0 Å². The van der Waals surface area contributed by atoms with Crippen LogP contribution >= 0.6 is 0 Å². The number of nitrogens with zero attached hydrogens (tertiary/aromatic N) is 4. The molecule has 2 rings (SSSR count). The number of alkyl halides is 2. The van der Waals surface area contributed by atoms with Gasteiger partial charge in [0.05, 0.1) is 0 Å². The summed E-state index contributed by atoms with van der Waals surface area (Å²) in [5, 5.41) is 9.16. The van der Waals surface area contributed by atoms with Gasteiger partial charge in [-0.3, -0.25) is 4.79 Å². The van der Waals surface area contributed by atoms with E-state index in [4.69, 9.17) is 5.11 Å². The second-order valence-corrected chi connectivity index (χ2v) is 6.51. The Hall–Kier alpha value is -1.83. The molecule has 0 unspecified atom stereocenters. The Kier molecular flexibility index (Phi) is 5.69. The van der Waals surface area contributed by atoms with Crippen molar-refractivity contribution < 1.29 is 18.7 Å². The highest BCUT2D eigenvalue weighted by Crippen LogP contribution is 2.44. The van der Waals surface area contributed by atoms with Crippen molar-refractivity contribution in [1.82, 2.24) is 14.9 Å². The van der Waals surface area contributed by atoms with Gasteiger partial charge in [-0.2, -0.15) is 0 Å². The van der Waals surface area contributed by atoms with Crippen molar-refractivity contribution in [2.45, 2.75) is 38.7 Å². The number of rotatable bonds is 7. The lowest BCUT2D eigenvalue weighted by molar-refractivity contribution is -0.140. The maximum atomic E-state index is 12.8. The zero-order valence-corrected chi connectivity index (χ0v) is 14.3. The van der Waals surface area contributed by atoms with Gasteiger partial charge in [-0.25, -0.2) is 18.7 Å². The van der Waals surface area contributed by atoms with E-state index in [0.29, 0.717) is 24.7 Å². The van der Waals surface area contributed by atoms with Crippen LogP contribution in [0.25, 0.3) is 0 Å². The first-order chi connectivity index (χ1) is 11.2. The summed E-state index contributed by atoms with van der Waals surface area (Å²) in [5.41, 5.74) is 0.756. The summed E-state index contributed by atoms with van der Waals surface area (Å²) >= 11 is 0. The lowest BCUT2D eigenvalue weighted by Crippen LogP contribution is -2.40. The zero-order chi connectivity index (χ0) is 17.9. The van der Waals surface area contributed by atoms with Crippen LogP contribution in [0.1, 0.15) is 30.8 Å². The van der Waals surface area contributed by atoms with Crippen LogP contribution in [0.4, 0.5) is 14.6 Å². The van der Waals surface area contributed by atoms with Gasteiger partial charge in [0.15, 0.2) is 5.82 Å². The molecule has 0 radical (unpaired) electrons. The number of aryl methyl sites for hydroxylation is 1. The molecule has 0 saturated heterocycles. The lowest BCUT2D eigenvalue weighted by Gasteiger charge is -2.35. The van der Waals surface area contributed by atoms with E-state index >= 15 is 0 Å². The molecule has 0 spiro atoms. The number of halogens is 2. The minimum absolute atomic E-state index is 0.112. The highest BCUT2D eigenvalue weighted by atomic mass is 19.3. The summed E-state index contributed by atoms with van der Waals surface area (Å²) in [7, 11) is 3.52. The van der Waals surface area contributed by atoms with Crippen molar-refractivity contribution >= 4 is 11.7 Å². The Bertz CT molecular complexity index is 589.